The molecule has 1 aromatic heterocycles. The number of carbonyl (C=O) groups excluding carboxylic acids is 1. The fraction of sp³-hybridized carbons (Fsp3) is 0.294. The van der Waals surface area contributed by atoms with Crippen molar-refractivity contribution in [3.63, 3.8) is 0 Å². The SMILES string of the molecule is CCOC(=O)C1CCc2cc(-c3cc(Cl)ccc3[N+](=O)[O-])cnc21. The highest BCUT2D eigenvalue weighted by atomic mass is 35.5. The molecule has 0 N–H and O–H groups in total. The van der Waals surface area contributed by atoms with Crippen molar-refractivity contribution in [3.8, 4) is 11.1 Å². The molecule has 1 atom stereocenters. The first kappa shape index (κ1) is 16.4. The van der Waals surface area contributed by atoms with E-state index in [-0.39, 0.29) is 17.6 Å². The first-order chi connectivity index (χ1) is 11.5. The number of hydrogen-bond donors (Lipinski definition) is 0. The number of nitro groups is 1. The fourth-order valence-corrected chi connectivity index (χ4v) is 3.16. The average Bonchev–Trinajstić information content (AvgIpc) is 2.97. The van der Waals surface area contributed by atoms with Crippen LogP contribution < -0.4 is 0 Å². The Bertz CT molecular complexity index is 822. The van der Waals surface area contributed by atoms with E-state index in [0.29, 0.717) is 41.3 Å². The number of fused-ring (bicyclic) bond motifs is 1. The molecule has 0 saturated carbocycles. The zero-order chi connectivity index (χ0) is 17.3. The van der Waals surface area contributed by atoms with Crippen molar-refractivity contribution in [2.75, 3.05) is 6.61 Å². The lowest BCUT2D eigenvalue weighted by Crippen LogP contribution is -2.14. The van der Waals surface area contributed by atoms with E-state index in [4.69, 9.17) is 16.3 Å². The molecule has 2 aromatic rings. The van der Waals surface area contributed by atoms with E-state index < -0.39 is 4.92 Å². The van der Waals surface area contributed by atoms with Gasteiger partial charge in [-0.3, -0.25) is 19.9 Å². The van der Waals surface area contributed by atoms with Crippen molar-refractivity contribution < 1.29 is 14.5 Å². The van der Waals surface area contributed by atoms with Gasteiger partial charge in [0.2, 0.25) is 0 Å². The van der Waals surface area contributed by atoms with Gasteiger partial charge in [0.05, 0.1) is 28.7 Å². The average molecular weight is 347 g/mol. The number of halogens is 1. The van der Waals surface area contributed by atoms with Gasteiger partial charge in [0.1, 0.15) is 0 Å². The number of pyridine rings is 1. The van der Waals surface area contributed by atoms with Gasteiger partial charge in [-0.25, -0.2) is 0 Å². The molecule has 0 saturated heterocycles. The summed E-state index contributed by atoms with van der Waals surface area (Å²) in [7, 11) is 0. The lowest BCUT2D eigenvalue weighted by Gasteiger charge is -2.10. The van der Waals surface area contributed by atoms with Crippen LogP contribution in [0.15, 0.2) is 30.5 Å². The Labute approximate surface area is 143 Å². The highest BCUT2D eigenvalue weighted by Crippen LogP contribution is 2.37. The summed E-state index contributed by atoms with van der Waals surface area (Å²) < 4.78 is 5.08. The van der Waals surface area contributed by atoms with E-state index in [1.54, 1.807) is 19.2 Å². The molecule has 0 bridgehead atoms. The summed E-state index contributed by atoms with van der Waals surface area (Å²) >= 11 is 5.98. The Morgan fingerprint density at radius 2 is 2.25 bits per heavy atom. The predicted octanol–water partition coefficient (Wildman–Crippen LogP) is 3.90. The van der Waals surface area contributed by atoms with E-state index in [9.17, 15) is 14.9 Å². The minimum atomic E-state index is -0.444. The van der Waals surface area contributed by atoms with E-state index >= 15 is 0 Å². The largest absolute Gasteiger partial charge is 0.465 e. The first-order valence-corrected chi connectivity index (χ1v) is 7.98. The number of nitrogens with zero attached hydrogens (tertiary/aromatic N) is 2. The summed E-state index contributed by atoms with van der Waals surface area (Å²) in [5, 5.41) is 11.7. The number of aryl methyl sites for hydroxylation is 1. The topological polar surface area (TPSA) is 82.3 Å². The van der Waals surface area contributed by atoms with Crippen molar-refractivity contribution in [2.24, 2.45) is 0 Å². The Morgan fingerprint density at radius 3 is 2.96 bits per heavy atom. The monoisotopic (exact) mass is 346 g/mol. The second kappa shape index (κ2) is 6.57. The lowest BCUT2D eigenvalue weighted by atomic mass is 10.0. The number of hydrogen-bond acceptors (Lipinski definition) is 5. The summed E-state index contributed by atoms with van der Waals surface area (Å²) in [6, 6.07) is 6.27. The maximum Gasteiger partial charge on any atom is 0.315 e. The molecule has 7 heteroatoms. The summed E-state index contributed by atoms with van der Waals surface area (Å²) in [6.07, 6.45) is 2.88. The van der Waals surface area contributed by atoms with Gasteiger partial charge in [-0.1, -0.05) is 11.6 Å². The van der Waals surface area contributed by atoms with E-state index in [0.717, 1.165) is 5.56 Å². The lowest BCUT2D eigenvalue weighted by molar-refractivity contribution is -0.384. The van der Waals surface area contributed by atoms with Crippen LogP contribution in [0, 0.1) is 10.1 Å². The van der Waals surface area contributed by atoms with Gasteiger partial charge >= 0.3 is 5.97 Å². The molecule has 3 rings (SSSR count). The van der Waals surface area contributed by atoms with Crippen LogP contribution >= 0.6 is 11.6 Å². The van der Waals surface area contributed by atoms with Gasteiger partial charge in [-0.05, 0) is 43.5 Å². The van der Waals surface area contributed by atoms with Crippen molar-refractivity contribution in [3.05, 3.63) is 56.9 Å². The number of benzene rings is 1. The molecule has 1 heterocycles. The maximum atomic E-state index is 12.0. The third-order valence-corrected chi connectivity index (χ3v) is 4.31. The number of nitro benzene ring substituents is 1. The minimum Gasteiger partial charge on any atom is -0.465 e. The van der Waals surface area contributed by atoms with Crippen LogP contribution in [0.4, 0.5) is 5.69 Å². The summed E-state index contributed by atoms with van der Waals surface area (Å²) in [5.41, 5.74) is 2.62. The van der Waals surface area contributed by atoms with Crippen molar-refractivity contribution in [2.45, 2.75) is 25.7 Å². The van der Waals surface area contributed by atoms with E-state index in [1.165, 1.54) is 12.1 Å². The third-order valence-electron chi connectivity index (χ3n) is 4.07. The number of ether oxygens (including phenoxy) is 1. The van der Waals surface area contributed by atoms with Gasteiger partial charge in [0.25, 0.3) is 5.69 Å². The molecule has 1 unspecified atom stereocenters. The predicted molar refractivity (Wildman–Crippen MR) is 89.0 cm³/mol. The fourth-order valence-electron chi connectivity index (χ4n) is 2.99. The Morgan fingerprint density at radius 1 is 1.46 bits per heavy atom. The van der Waals surface area contributed by atoms with Gasteiger partial charge in [-0.2, -0.15) is 0 Å². The molecule has 124 valence electrons. The molecular weight excluding hydrogens is 332 g/mol. The van der Waals surface area contributed by atoms with Crippen LogP contribution in [0.2, 0.25) is 5.02 Å². The highest BCUT2D eigenvalue weighted by Gasteiger charge is 2.31. The smallest absolute Gasteiger partial charge is 0.315 e. The molecule has 0 aliphatic heterocycles. The molecule has 0 fully saturated rings. The first-order valence-electron chi connectivity index (χ1n) is 7.61. The van der Waals surface area contributed by atoms with E-state index in [1.807, 2.05) is 6.07 Å². The second-order valence-electron chi connectivity index (χ2n) is 5.53. The van der Waals surface area contributed by atoms with Gasteiger partial charge in [0.15, 0.2) is 0 Å². The molecule has 1 aliphatic rings. The molecule has 0 spiro atoms. The van der Waals surface area contributed by atoms with Crippen LogP contribution in [-0.4, -0.2) is 22.5 Å². The minimum absolute atomic E-state index is 0.0268. The second-order valence-corrected chi connectivity index (χ2v) is 5.97. The number of esters is 1. The summed E-state index contributed by atoms with van der Waals surface area (Å²) in [5.74, 6) is -0.631. The van der Waals surface area contributed by atoms with Crippen LogP contribution in [0.5, 0.6) is 0 Å². The molecule has 0 amide bonds. The van der Waals surface area contributed by atoms with Crippen LogP contribution in [-0.2, 0) is 16.0 Å². The number of aromatic nitrogens is 1. The molecule has 1 aliphatic carbocycles. The zero-order valence-corrected chi connectivity index (χ0v) is 13.7. The summed E-state index contributed by atoms with van der Waals surface area (Å²) in [4.78, 5) is 27.2. The van der Waals surface area contributed by atoms with Crippen LogP contribution in [0.1, 0.15) is 30.5 Å². The zero-order valence-electron chi connectivity index (χ0n) is 13.0. The normalized spacial score (nSPS) is 15.8. The van der Waals surface area contributed by atoms with Gasteiger partial charge in [0, 0.05) is 22.8 Å². The Kier molecular flexibility index (Phi) is 4.49. The molecule has 1 aromatic carbocycles. The third kappa shape index (κ3) is 2.97. The number of rotatable bonds is 4. The number of carbonyl (C=O) groups is 1. The Balaban J connectivity index is 2.01. The highest BCUT2D eigenvalue weighted by molar-refractivity contribution is 6.31. The Hall–Kier alpha value is -2.47. The van der Waals surface area contributed by atoms with Crippen molar-refractivity contribution in [1.29, 1.82) is 0 Å². The van der Waals surface area contributed by atoms with Gasteiger partial charge < -0.3 is 4.74 Å². The van der Waals surface area contributed by atoms with Gasteiger partial charge in [-0.15, -0.1) is 0 Å². The summed E-state index contributed by atoms with van der Waals surface area (Å²) in [6.45, 7) is 2.10. The molecule has 6 nitrogen and oxygen atoms in total. The quantitative estimate of drug-likeness (QED) is 0.476. The molecule has 24 heavy (non-hydrogen) atoms. The molecular formula is C17H15ClN2O4. The van der Waals surface area contributed by atoms with Crippen LogP contribution in [0.3, 0.4) is 0 Å². The van der Waals surface area contributed by atoms with Crippen LogP contribution in [0.25, 0.3) is 11.1 Å². The van der Waals surface area contributed by atoms with E-state index in [2.05, 4.69) is 4.98 Å². The van der Waals surface area contributed by atoms with Crippen molar-refractivity contribution >= 4 is 23.3 Å². The maximum absolute atomic E-state index is 12.0. The molecule has 0 radical (unpaired) electrons. The van der Waals surface area contributed by atoms with Crippen molar-refractivity contribution in [1.82, 2.24) is 4.98 Å². The standard InChI is InChI=1S/C17H15ClN2O4/c1-2-24-17(21)13-5-3-10-7-11(9-19-16(10)13)14-8-12(18)4-6-15(14)20(22)23/h4,6-9,13H,2-3,5H2,1H3.